The van der Waals surface area contributed by atoms with E-state index in [-0.39, 0.29) is 23.3 Å². The molecule has 1 heterocycles. The number of aryl methyl sites for hydroxylation is 2. The normalized spacial score (nSPS) is 16.4. The van der Waals surface area contributed by atoms with Crippen molar-refractivity contribution in [3.63, 3.8) is 0 Å². The van der Waals surface area contributed by atoms with E-state index in [4.69, 9.17) is 0 Å². The third-order valence-electron chi connectivity index (χ3n) is 5.05. The number of likely N-dealkylation sites (N-methyl/N-ethyl adjacent to an activating group) is 1. The molecule has 2 aromatic rings. The molecule has 4 nitrogen and oxygen atoms in total. The minimum atomic E-state index is -0.293. The molecule has 25 heavy (non-hydrogen) atoms. The van der Waals surface area contributed by atoms with Crippen LogP contribution >= 0.6 is 0 Å². The summed E-state index contributed by atoms with van der Waals surface area (Å²) >= 11 is 0. The predicted molar refractivity (Wildman–Crippen MR) is 100 cm³/mol. The minimum Gasteiger partial charge on any atom is -0.507 e. The maximum Gasteiger partial charge on any atom is 0.234 e. The largest absolute Gasteiger partial charge is 0.507 e. The molecule has 0 saturated heterocycles. The lowest BCUT2D eigenvalue weighted by Gasteiger charge is -2.18. The van der Waals surface area contributed by atoms with Gasteiger partial charge in [0.05, 0.1) is 11.5 Å². The van der Waals surface area contributed by atoms with Crippen LogP contribution < -0.4 is 4.90 Å². The quantitative estimate of drug-likeness (QED) is 0.862. The lowest BCUT2D eigenvalue weighted by atomic mass is 9.87. The Hall–Kier alpha value is -2.49. The number of nitrogens with zero attached hydrogens (tertiary/aromatic N) is 1. The number of aromatic hydroxyl groups is 2. The topological polar surface area (TPSA) is 60.8 Å². The fraction of sp³-hybridized carbons (Fsp3) is 0.381. The first-order valence-corrected chi connectivity index (χ1v) is 8.90. The van der Waals surface area contributed by atoms with Crippen LogP contribution in [0.15, 0.2) is 24.3 Å². The highest BCUT2D eigenvalue weighted by atomic mass is 16.3. The summed E-state index contributed by atoms with van der Waals surface area (Å²) in [6.07, 6.45) is 1.74. The highest BCUT2D eigenvalue weighted by Gasteiger charge is 2.37. The number of hydrogen-bond donors (Lipinski definition) is 2. The summed E-state index contributed by atoms with van der Waals surface area (Å²) < 4.78 is 0. The van der Waals surface area contributed by atoms with E-state index in [0.29, 0.717) is 12.1 Å². The highest BCUT2D eigenvalue weighted by Crippen LogP contribution is 2.49. The van der Waals surface area contributed by atoms with Gasteiger partial charge in [-0.2, -0.15) is 0 Å². The predicted octanol–water partition coefficient (Wildman–Crippen LogP) is 4.50. The number of carbonyl (C=O) groups excluding carboxylic acids is 1. The number of hydrogen-bond acceptors (Lipinski definition) is 3. The van der Waals surface area contributed by atoms with Gasteiger partial charge in [-0.15, -0.1) is 0 Å². The molecule has 0 bridgehead atoms. The molecule has 0 aromatic heterocycles. The SMILES string of the molecule is CCCc1cc(O)c(-c2c(C)ccc3c2C(C)C(=O)N3CC)c(O)c1. The van der Waals surface area contributed by atoms with E-state index >= 15 is 0 Å². The maximum atomic E-state index is 12.6. The number of anilines is 1. The van der Waals surface area contributed by atoms with E-state index in [2.05, 4.69) is 6.92 Å². The van der Waals surface area contributed by atoms with Crippen LogP contribution in [0, 0.1) is 6.92 Å². The van der Waals surface area contributed by atoms with Gasteiger partial charge in [0, 0.05) is 12.2 Å². The lowest BCUT2D eigenvalue weighted by molar-refractivity contribution is -0.118. The molecule has 1 atom stereocenters. The second-order valence-corrected chi connectivity index (χ2v) is 6.75. The van der Waals surface area contributed by atoms with Gasteiger partial charge in [-0.25, -0.2) is 0 Å². The van der Waals surface area contributed by atoms with Gasteiger partial charge in [0.25, 0.3) is 0 Å². The van der Waals surface area contributed by atoms with E-state index in [1.165, 1.54) is 0 Å². The highest BCUT2D eigenvalue weighted by molar-refractivity contribution is 6.08. The average molecular weight is 339 g/mol. The van der Waals surface area contributed by atoms with Crippen molar-refractivity contribution in [3.05, 3.63) is 41.0 Å². The number of benzene rings is 2. The zero-order valence-corrected chi connectivity index (χ0v) is 15.3. The molecular weight excluding hydrogens is 314 g/mol. The molecule has 1 aliphatic heterocycles. The van der Waals surface area contributed by atoms with Gasteiger partial charge < -0.3 is 15.1 Å². The van der Waals surface area contributed by atoms with Crippen molar-refractivity contribution in [2.75, 3.05) is 11.4 Å². The molecule has 1 amide bonds. The Morgan fingerprint density at radius 1 is 1.08 bits per heavy atom. The van der Waals surface area contributed by atoms with Gasteiger partial charge in [0.2, 0.25) is 5.91 Å². The molecule has 1 aliphatic rings. The molecule has 3 rings (SSSR count). The van der Waals surface area contributed by atoms with E-state index in [0.717, 1.165) is 40.8 Å². The summed E-state index contributed by atoms with van der Waals surface area (Å²) in [5.41, 5.74) is 4.80. The molecule has 4 heteroatoms. The average Bonchev–Trinajstić information content (AvgIpc) is 2.80. The van der Waals surface area contributed by atoms with Crippen molar-refractivity contribution >= 4 is 11.6 Å². The molecule has 0 radical (unpaired) electrons. The molecule has 2 aromatic carbocycles. The van der Waals surface area contributed by atoms with E-state index in [1.807, 2.05) is 32.9 Å². The standard InChI is InChI=1S/C21H25NO3/c1-5-7-14-10-16(23)20(17(24)11-14)18-12(3)8-9-15-19(18)13(4)21(25)22(15)6-2/h8-11,13,23-24H,5-7H2,1-4H3. The zero-order chi connectivity index (χ0) is 18.3. The molecule has 0 fully saturated rings. The molecule has 0 spiro atoms. The summed E-state index contributed by atoms with van der Waals surface area (Å²) in [5, 5.41) is 21.2. The summed E-state index contributed by atoms with van der Waals surface area (Å²) in [6.45, 7) is 8.45. The van der Waals surface area contributed by atoms with Crippen LogP contribution in [0.4, 0.5) is 5.69 Å². The molecule has 2 N–H and O–H groups in total. The van der Waals surface area contributed by atoms with Crippen LogP contribution in [-0.4, -0.2) is 22.7 Å². The van der Waals surface area contributed by atoms with Crippen molar-refractivity contribution < 1.29 is 15.0 Å². The fourth-order valence-corrected chi connectivity index (χ4v) is 3.88. The van der Waals surface area contributed by atoms with Crippen molar-refractivity contribution in [1.29, 1.82) is 0 Å². The van der Waals surface area contributed by atoms with Crippen LogP contribution in [0.3, 0.4) is 0 Å². The van der Waals surface area contributed by atoms with Crippen LogP contribution in [-0.2, 0) is 11.2 Å². The Kier molecular flexibility index (Phi) is 4.46. The van der Waals surface area contributed by atoms with Gasteiger partial charge in [-0.3, -0.25) is 4.79 Å². The number of amides is 1. The lowest BCUT2D eigenvalue weighted by Crippen LogP contribution is -2.27. The molecule has 0 saturated carbocycles. The smallest absolute Gasteiger partial charge is 0.234 e. The Balaban J connectivity index is 2.27. The van der Waals surface area contributed by atoms with E-state index < -0.39 is 0 Å². The molecule has 1 unspecified atom stereocenters. The molecule has 0 aliphatic carbocycles. The van der Waals surface area contributed by atoms with Gasteiger partial charge >= 0.3 is 0 Å². The third kappa shape index (κ3) is 2.66. The first kappa shape index (κ1) is 17.3. The Morgan fingerprint density at radius 2 is 1.72 bits per heavy atom. The van der Waals surface area contributed by atoms with Crippen molar-refractivity contribution in [2.24, 2.45) is 0 Å². The Bertz CT molecular complexity index is 818. The van der Waals surface area contributed by atoms with Gasteiger partial charge in [0.15, 0.2) is 0 Å². The minimum absolute atomic E-state index is 0.0610. The fourth-order valence-electron chi connectivity index (χ4n) is 3.88. The second-order valence-electron chi connectivity index (χ2n) is 6.75. The maximum absolute atomic E-state index is 12.6. The first-order chi connectivity index (χ1) is 11.9. The Labute approximate surface area is 148 Å². The number of rotatable bonds is 4. The summed E-state index contributed by atoms with van der Waals surface area (Å²) in [6, 6.07) is 7.34. The Morgan fingerprint density at radius 3 is 2.28 bits per heavy atom. The molecular formula is C21H25NO3. The van der Waals surface area contributed by atoms with E-state index in [1.54, 1.807) is 17.0 Å². The van der Waals surface area contributed by atoms with Crippen molar-refractivity contribution in [2.45, 2.75) is 46.5 Å². The van der Waals surface area contributed by atoms with Crippen LogP contribution in [0.5, 0.6) is 11.5 Å². The van der Waals surface area contributed by atoms with E-state index in [9.17, 15) is 15.0 Å². The van der Waals surface area contributed by atoms with Crippen LogP contribution in [0.2, 0.25) is 0 Å². The van der Waals surface area contributed by atoms with Gasteiger partial charge in [-0.1, -0.05) is 19.4 Å². The number of carbonyl (C=O) groups is 1. The van der Waals surface area contributed by atoms with Crippen molar-refractivity contribution in [1.82, 2.24) is 0 Å². The van der Waals surface area contributed by atoms with Crippen LogP contribution in [0.1, 0.15) is 49.8 Å². The summed E-state index contributed by atoms with van der Waals surface area (Å²) in [5.74, 6) is -0.103. The first-order valence-electron chi connectivity index (χ1n) is 8.90. The summed E-state index contributed by atoms with van der Waals surface area (Å²) in [4.78, 5) is 14.4. The number of phenols is 2. The number of phenolic OH excluding ortho intramolecular Hbond substituents is 2. The number of fused-ring (bicyclic) bond motifs is 1. The second kappa shape index (κ2) is 6.43. The van der Waals surface area contributed by atoms with Crippen molar-refractivity contribution in [3.8, 4) is 22.6 Å². The third-order valence-corrected chi connectivity index (χ3v) is 5.05. The van der Waals surface area contributed by atoms with Gasteiger partial charge in [0.1, 0.15) is 11.5 Å². The molecule has 132 valence electrons. The monoisotopic (exact) mass is 339 g/mol. The summed E-state index contributed by atoms with van der Waals surface area (Å²) in [7, 11) is 0. The zero-order valence-electron chi connectivity index (χ0n) is 15.3. The van der Waals surface area contributed by atoms with Crippen LogP contribution in [0.25, 0.3) is 11.1 Å². The van der Waals surface area contributed by atoms with Gasteiger partial charge in [-0.05, 0) is 67.6 Å².